The Morgan fingerprint density at radius 3 is 2.91 bits per heavy atom. The molecule has 0 radical (unpaired) electrons. The maximum absolute atomic E-state index is 15.2. The summed E-state index contributed by atoms with van der Waals surface area (Å²) in [5.41, 5.74) is 1.62. The summed E-state index contributed by atoms with van der Waals surface area (Å²) >= 11 is 0. The zero-order chi connectivity index (χ0) is 23.2. The van der Waals surface area contributed by atoms with Gasteiger partial charge in [0.15, 0.2) is 11.6 Å². The predicted molar refractivity (Wildman–Crippen MR) is 121 cm³/mol. The van der Waals surface area contributed by atoms with E-state index in [1.165, 1.54) is 6.20 Å². The van der Waals surface area contributed by atoms with Crippen molar-refractivity contribution in [2.45, 2.75) is 20.3 Å². The molecule has 0 fully saturated rings. The van der Waals surface area contributed by atoms with Crippen LogP contribution in [0, 0.1) is 34.4 Å². The summed E-state index contributed by atoms with van der Waals surface area (Å²) in [6.45, 7) is 4.55. The molecule has 164 valence electrons. The summed E-state index contributed by atoms with van der Waals surface area (Å²) in [5.74, 6) is 6.62. The topological polar surface area (TPSA) is 92.8 Å². The van der Waals surface area contributed by atoms with E-state index >= 15 is 4.39 Å². The molecule has 33 heavy (non-hydrogen) atoms. The Morgan fingerprint density at radius 2 is 2.09 bits per heavy atom. The van der Waals surface area contributed by atoms with Gasteiger partial charge in [-0.05, 0) is 32.4 Å². The zero-order valence-corrected chi connectivity index (χ0v) is 18.4. The molecule has 0 N–H and O–H groups in total. The van der Waals surface area contributed by atoms with Crippen molar-refractivity contribution in [3.8, 4) is 23.7 Å². The van der Waals surface area contributed by atoms with E-state index in [0.717, 1.165) is 5.69 Å². The Morgan fingerprint density at radius 1 is 1.24 bits per heavy atom. The average Bonchev–Trinajstić information content (AvgIpc) is 3.05. The van der Waals surface area contributed by atoms with Crippen LogP contribution in [0.25, 0.3) is 21.9 Å². The van der Waals surface area contributed by atoms with Crippen molar-refractivity contribution in [1.29, 1.82) is 5.26 Å². The first-order valence-electron chi connectivity index (χ1n) is 10.5. The van der Waals surface area contributed by atoms with Crippen LogP contribution in [0.2, 0.25) is 0 Å². The Hall–Kier alpha value is -4.24. The fraction of sp³-hybridized carbons (Fsp3) is 0.292. The van der Waals surface area contributed by atoms with Crippen molar-refractivity contribution >= 4 is 33.4 Å². The Labute approximate surface area is 189 Å². The quantitative estimate of drug-likeness (QED) is 0.414. The monoisotopic (exact) mass is 441 g/mol. The Kier molecular flexibility index (Phi) is 4.83. The molecule has 0 bridgehead atoms. The lowest BCUT2D eigenvalue weighted by Gasteiger charge is -2.24. The number of para-hydroxylation sites is 1. The SMILES string of the molecule is Cn1nnc2nc(N3CCCOc4c(C#CC(C)(C)C#N)cccc43)c3c(F)cncc3c21. The van der Waals surface area contributed by atoms with Crippen LogP contribution in [0.5, 0.6) is 5.75 Å². The number of aryl methyl sites for hydroxylation is 1. The lowest BCUT2D eigenvalue weighted by atomic mass is 9.96. The zero-order valence-electron chi connectivity index (χ0n) is 18.4. The largest absolute Gasteiger partial charge is 0.490 e. The lowest BCUT2D eigenvalue weighted by molar-refractivity contribution is 0.322. The molecule has 0 saturated heterocycles. The number of nitriles is 1. The van der Waals surface area contributed by atoms with Crippen molar-refractivity contribution in [1.82, 2.24) is 25.0 Å². The number of nitrogens with zero attached hydrogens (tertiary/aromatic N) is 7. The number of rotatable bonds is 1. The molecular weight excluding hydrogens is 421 g/mol. The van der Waals surface area contributed by atoms with E-state index in [-0.39, 0.29) is 0 Å². The van der Waals surface area contributed by atoms with Gasteiger partial charge in [-0.15, -0.1) is 5.10 Å². The number of fused-ring (bicyclic) bond motifs is 4. The first-order chi connectivity index (χ1) is 15.9. The number of pyridine rings is 2. The highest BCUT2D eigenvalue weighted by molar-refractivity contribution is 6.08. The van der Waals surface area contributed by atoms with E-state index in [0.29, 0.717) is 58.6 Å². The molecule has 0 atom stereocenters. The number of halogens is 1. The van der Waals surface area contributed by atoms with Gasteiger partial charge in [0.05, 0.1) is 35.5 Å². The molecule has 0 saturated carbocycles. The molecule has 3 aromatic heterocycles. The van der Waals surface area contributed by atoms with Gasteiger partial charge < -0.3 is 9.64 Å². The first-order valence-corrected chi connectivity index (χ1v) is 10.5. The molecule has 0 unspecified atom stereocenters. The number of ether oxygens (including phenoxy) is 1. The fourth-order valence-electron chi connectivity index (χ4n) is 3.89. The van der Waals surface area contributed by atoms with Crippen LogP contribution in [-0.4, -0.2) is 38.1 Å². The van der Waals surface area contributed by atoms with Crippen molar-refractivity contribution in [3.05, 3.63) is 42.0 Å². The molecular formula is C24H20FN7O. The van der Waals surface area contributed by atoms with Crippen LogP contribution in [0.15, 0.2) is 30.6 Å². The van der Waals surface area contributed by atoms with Crippen LogP contribution in [0.4, 0.5) is 15.9 Å². The molecule has 5 rings (SSSR count). The highest BCUT2D eigenvalue weighted by Gasteiger charge is 2.26. The highest BCUT2D eigenvalue weighted by atomic mass is 19.1. The predicted octanol–water partition coefficient (Wildman–Crippen LogP) is 3.87. The van der Waals surface area contributed by atoms with Crippen LogP contribution in [0.3, 0.4) is 0 Å². The highest BCUT2D eigenvalue weighted by Crippen LogP contribution is 2.41. The third-order valence-electron chi connectivity index (χ3n) is 5.50. The van der Waals surface area contributed by atoms with Gasteiger partial charge in [0.2, 0.25) is 5.65 Å². The van der Waals surface area contributed by atoms with E-state index < -0.39 is 11.2 Å². The molecule has 0 spiro atoms. The average molecular weight is 441 g/mol. The lowest BCUT2D eigenvalue weighted by Crippen LogP contribution is -2.20. The second-order valence-corrected chi connectivity index (χ2v) is 8.36. The number of benzene rings is 1. The fourth-order valence-corrected chi connectivity index (χ4v) is 3.89. The minimum absolute atomic E-state index is 0.345. The molecule has 1 aromatic carbocycles. The van der Waals surface area contributed by atoms with Crippen LogP contribution in [-0.2, 0) is 7.05 Å². The summed E-state index contributed by atoms with van der Waals surface area (Å²) in [7, 11) is 1.74. The van der Waals surface area contributed by atoms with Gasteiger partial charge in [-0.3, -0.25) is 4.98 Å². The second kappa shape index (κ2) is 7.72. The van der Waals surface area contributed by atoms with E-state index in [1.807, 2.05) is 23.1 Å². The van der Waals surface area contributed by atoms with Gasteiger partial charge >= 0.3 is 0 Å². The third kappa shape index (κ3) is 3.48. The number of hydrogen-bond donors (Lipinski definition) is 0. The van der Waals surface area contributed by atoms with Gasteiger partial charge in [-0.1, -0.05) is 23.1 Å². The molecule has 4 aromatic rings. The summed E-state index contributed by atoms with van der Waals surface area (Å²) in [6, 6.07) is 7.80. The molecule has 8 nitrogen and oxygen atoms in total. The van der Waals surface area contributed by atoms with Gasteiger partial charge in [0.1, 0.15) is 16.7 Å². The Bertz CT molecular complexity index is 1510. The molecule has 1 aliphatic rings. The Balaban J connectivity index is 1.76. The molecule has 0 aliphatic carbocycles. The van der Waals surface area contributed by atoms with Gasteiger partial charge in [-0.2, -0.15) is 5.26 Å². The molecule has 9 heteroatoms. The first kappa shape index (κ1) is 20.7. The maximum Gasteiger partial charge on any atom is 0.204 e. The van der Waals surface area contributed by atoms with Gasteiger partial charge in [0.25, 0.3) is 0 Å². The standard InChI is InChI=1S/C24H20FN7O/c1-24(2,14-26)9-8-15-6-4-7-18-21(15)33-11-5-10-32(18)23-19-16(12-27-13-17(19)25)20-22(28-23)29-30-31(20)3/h4,6-7,12-13H,5,10-11H2,1-3H3. The smallest absolute Gasteiger partial charge is 0.204 e. The number of anilines is 2. The maximum atomic E-state index is 15.2. The summed E-state index contributed by atoms with van der Waals surface area (Å²) in [4.78, 5) is 10.7. The summed E-state index contributed by atoms with van der Waals surface area (Å²) < 4.78 is 22.8. The van der Waals surface area contributed by atoms with Crippen LogP contribution < -0.4 is 9.64 Å². The van der Waals surface area contributed by atoms with E-state index in [9.17, 15) is 5.26 Å². The summed E-state index contributed by atoms with van der Waals surface area (Å²) in [5, 5.41) is 18.5. The third-order valence-corrected chi connectivity index (χ3v) is 5.50. The van der Waals surface area contributed by atoms with Crippen molar-refractivity contribution < 1.29 is 9.13 Å². The van der Waals surface area contributed by atoms with E-state index in [2.05, 4.69) is 33.2 Å². The van der Waals surface area contributed by atoms with Crippen LogP contribution >= 0.6 is 0 Å². The minimum atomic E-state index is -0.794. The molecule has 1 aliphatic heterocycles. The molecule has 4 heterocycles. The summed E-state index contributed by atoms with van der Waals surface area (Å²) in [6.07, 6.45) is 3.49. The normalized spacial score (nSPS) is 13.6. The van der Waals surface area contributed by atoms with Crippen LogP contribution in [0.1, 0.15) is 25.8 Å². The molecule has 0 amide bonds. The second-order valence-electron chi connectivity index (χ2n) is 8.36. The van der Waals surface area contributed by atoms with Gasteiger partial charge in [-0.25, -0.2) is 14.1 Å². The number of aromatic nitrogens is 5. The van der Waals surface area contributed by atoms with Crippen molar-refractivity contribution in [3.63, 3.8) is 0 Å². The van der Waals surface area contributed by atoms with Crippen molar-refractivity contribution in [2.24, 2.45) is 12.5 Å². The van der Waals surface area contributed by atoms with Crippen molar-refractivity contribution in [2.75, 3.05) is 18.1 Å². The van der Waals surface area contributed by atoms with E-state index in [4.69, 9.17) is 9.72 Å². The minimum Gasteiger partial charge on any atom is -0.490 e. The number of hydrogen-bond acceptors (Lipinski definition) is 7. The van der Waals surface area contributed by atoms with Gasteiger partial charge in [0, 0.05) is 25.2 Å². The van der Waals surface area contributed by atoms with E-state index in [1.54, 1.807) is 31.8 Å².